The van der Waals surface area contributed by atoms with Crippen molar-refractivity contribution in [1.82, 2.24) is 0 Å². The Labute approximate surface area is 101 Å². The lowest BCUT2D eigenvalue weighted by Crippen LogP contribution is -2.30. The first-order valence-electron chi connectivity index (χ1n) is 5.14. The molecule has 88 valence electrons. The number of hydrogen-bond donors (Lipinski definition) is 1. The standard InChI is InChI=1S/C12H15NO2.ClH/c1-7-3-4-9-11(14)10(13)5-6-15-12(9)8(7)2;/h3-4,10H,5-6,13H2,1-2H3;1H. The predicted molar refractivity (Wildman–Crippen MR) is 65.6 cm³/mol. The summed E-state index contributed by atoms with van der Waals surface area (Å²) < 4.78 is 5.60. The largest absolute Gasteiger partial charge is 0.492 e. The highest BCUT2D eigenvalue weighted by Gasteiger charge is 2.24. The molecule has 2 N–H and O–H groups in total. The van der Waals surface area contributed by atoms with Crippen molar-refractivity contribution < 1.29 is 9.53 Å². The van der Waals surface area contributed by atoms with E-state index in [1.165, 1.54) is 0 Å². The number of ether oxygens (including phenoxy) is 1. The molecule has 1 heterocycles. The maximum Gasteiger partial charge on any atom is 0.183 e. The van der Waals surface area contributed by atoms with Gasteiger partial charge in [0.2, 0.25) is 0 Å². The maximum atomic E-state index is 11.9. The molecule has 1 unspecified atom stereocenters. The molecule has 0 aliphatic carbocycles. The molecule has 0 saturated heterocycles. The van der Waals surface area contributed by atoms with Crippen molar-refractivity contribution in [3.63, 3.8) is 0 Å². The average Bonchev–Trinajstić information content (AvgIpc) is 2.35. The molecule has 0 saturated carbocycles. The summed E-state index contributed by atoms with van der Waals surface area (Å²) in [4.78, 5) is 11.9. The van der Waals surface area contributed by atoms with E-state index < -0.39 is 6.04 Å². The minimum absolute atomic E-state index is 0. The molecule has 1 aromatic rings. The van der Waals surface area contributed by atoms with Crippen LogP contribution in [0.3, 0.4) is 0 Å². The van der Waals surface area contributed by atoms with E-state index in [1.54, 1.807) is 0 Å². The Bertz CT molecular complexity index is 418. The van der Waals surface area contributed by atoms with Crippen molar-refractivity contribution in [3.05, 3.63) is 28.8 Å². The van der Waals surface area contributed by atoms with Crippen molar-refractivity contribution in [1.29, 1.82) is 0 Å². The highest BCUT2D eigenvalue weighted by Crippen LogP contribution is 2.29. The number of carbonyl (C=O) groups excluding carboxylic acids is 1. The third-order valence-electron chi connectivity index (χ3n) is 2.95. The number of fused-ring (bicyclic) bond motifs is 1. The number of ketones is 1. The van der Waals surface area contributed by atoms with Gasteiger partial charge in [-0.25, -0.2) is 0 Å². The van der Waals surface area contributed by atoms with Gasteiger partial charge in [-0.15, -0.1) is 12.4 Å². The van der Waals surface area contributed by atoms with Crippen LogP contribution >= 0.6 is 12.4 Å². The predicted octanol–water partition coefficient (Wildman–Crippen LogP) is 2.02. The van der Waals surface area contributed by atoms with E-state index in [9.17, 15) is 4.79 Å². The van der Waals surface area contributed by atoms with Crippen LogP contribution in [0.1, 0.15) is 27.9 Å². The van der Waals surface area contributed by atoms with Gasteiger partial charge in [0, 0.05) is 6.42 Å². The van der Waals surface area contributed by atoms with Crippen LogP contribution in [0.5, 0.6) is 5.75 Å². The normalized spacial score (nSPS) is 19.2. The summed E-state index contributed by atoms with van der Waals surface area (Å²) in [5.74, 6) is 0.707. The fraction of sp³-hybridized carbons (Fsp3) is 0.417. The second kappa shape index (κ2) is 4.85. The van der Waals surface area contributed by atoms with Gasteiger partial charge in [-0.3, -0.25) is 4.79 Å². The SMILES string of the molecule is Cc1ccc2c(c1C)OCCC(N)C2=O.Cl. The monoisotopic (exact) mass is 241 g/mol. The second-order valence-corrected chi connectivity index (χ2v) is 3.99. The third-order valence-corrected chi connectivity index (χ3v) is 2.95. The lowest BCUT2D eigenvalue weighted by atomic mass is 9.98. The van der Waals surface area contributed by atoms with Crippen molar-refractivity contribution in [3.8, 4) is 5.75 Å². The van der Waals surface area contributed by atoms with E-state index in [2.05, 4.69) is 0 Å². The van der Waals surface area contributed by atoms with Crippen LogP contribution in [-0.4, -0.2) is 18.4 Å². The minimum atomic E-state index is -0.423. The molecule has 1 atom stereocenters. The molecular formula is C12H16ClNO2. The smallest absolute Gasteiger partial charge is 0.183 e. The van der Waals surface area contributed by atoms with Crippen molar-refractivity contribution in [2.75, 3.05) is 6.61 Å². The van der Waals surface area contributed by atoms with Crippen LogP contribution in [0.2, 0.25) is 0 Å². The Hall–Kier alpha value is -1.06. The van der Waals surface area contributed by atoms with E-state index in [1.807, 2.05) is 26.0 Å². The number of hydrogen-bond acceptors (Lipinski definition) is 3. The Kier molecular flexibility index (Phi) is 3.94. The molecule has 0 amide bonds. The first-order chi connectivity index (χ1) is 7.11. The molecule has 2 rings (SSSR count). The van der Waals surface area contributed by atoms with Gasteiger partial charge in [0.05, 0.1) is 18.2 Å². The first kappa shape index (κ1) is 13.0. The molecule has 1 aromatic carbocycles. The lowest BCUT2D eigenvalue weighted by Gasteiger charge is -2.11. The Morgan fingerprint density at radius 2 is 2.06 bits per heavy atom. The molecule has 0 fully saturated rings. The summed E-state index contributed by atoms with van der Waals surface area (Å²) in [6, 6.07) is 3.33. The summed E-state index contributed by atoms with van der Waals surface area (Å²) in [5.41, 5.74) is 8.55. The van der Waals surface area contributed by atoms with Gasteiger partial charge >= 0.3 is 0 Å². The maximum absolute atomic E-state index is 11.9. The van der Waals surface area contributed by atoms with Gasteiger partial charge in [-0.2, -0.15) is 0 Å². The Morgan fingerprint density at radius 1 is 1.38 bits per heavy atom. The summed E-state index contributed by atoms with van der Waals surface area (Å²) in [6.07, 6.45) is 0.589. The number of rotatable bonds is 0. The number of halogens is 1. The first-order valence-corrected chi connectivity index (χ1v) is 5.14. The van der Waals surface area contributed by atoms with Gasteiger partial charge in [0.15, 0.2) is 5.78 Å². The highest BCUT2D eigenvalue weighted by molar-refractivity contribution is 6.03. The summed E-state index contributed by atoms with van der Waals surface area (Å²) in [7, 11) is 0. The van der Waals surface area contributed by atoms with E-state index in [4.69, 9.17) is 10.5 Å². The number of aryl methyl sites for hydroxylation is 1. The van der Waals surface area contributed by atoms with Gasteiger partial charge in [0.25, 0.3) is 0 Å². The van der Waals surface area contributed by atoms with Crippen LogP contribution in [0.25, 0.3) is 0 Å². The third kappa shape index (κ3) is 2.06. The van der Waals surface area contributed by atoms with Gasteiger partial charge in [0.1, 0.15) is 5.75 Å². The number of benzene rings is 1. The van der Waals surface area contributed by atoms with Crippen LogP contribution in [0.4, 0.5) is 0 Å². The van der Waals surface area contributed by atoms with Crippen molar-refractivity contribution in [2.45, 2.75) is 26.3 Å². The van der Waals surface area contributed by atoms with Crippen molar-refractivity contribution in [2.24, 2.45) is 5.73 Å². The van der Waals surface area contributed by atoms with Crippen molar-refractivity contribution >= 4 is 18.2 Å². The zero-order valence-electron chi connectivity index (χ0n) is 9.45. The summed E-state index contributed by atoms with van der Waals surface area (Å²) in [5, 5.41) is 0. The van der Waals surface area contributed by atoms with E-state index in [0.717, 1.165) is 11.1 Å². The molecule has 0 aromatic heterocycles. The zero-order valence-corrected chi connectivity index (χ0v) is 10.3. The van der Waals surface area contributed by atoms with Crippen LogP contribution in [0, 0.1) is 13.8 Å². The van der Waals surface area contributed by atoms with Crippen LogP contribution in [0.15, 0.2) is 12.1 Å². The fourth-order valence-corrected chi connectivity index (χ4v) is 1.79. The summed E-state index contributed by atoms with van der Waals surface area (Å²) in [6.45, 7) is 4.50. The zero-order chi connectivity index (χ0) is 11.0. The van der Waals surface area contributed by atoms with E-state index in [0.29, 0.717) is 24.3 Å². The van der Waals surface area contributed by atoms with Gasteiger partial charge < -0.3 is 10.5 Å². The second-order valence-electron chi connectivity index (χ2n) is 3.99. The van der Waals surface area contributed by atoms with Crippen LogP contribution < -0.4 is 10.5 Å². The van der Waals surface area contributed by atoms with Gasteiger partial charge in [-0.1, -0.05) is 6.07 Å². The number of nitrogens with two attached hydrogens (primary N) is 1. The number of carbonyl (C=O) groups is 1. The molecular weight excluding hydrogens is 226 g/mol. The van der Waals surface area contributed by atoms with Crippen LogP contribution in [-0.2, 0) is 0 Å². The molecule has 0 bridgehead atoms. The van der Waals surface area contributed by atoms with Gasteiger partial charge in [-0.05, 0) is 31.0 Å². The molecule has 1 aliphatic heterocycles. The number of Topliss-reactive ketones (excluding diaryl/α,β-unsaturated/α-hetero) is 1. The minimum Gasteiger partial charge on any atom is -0.492 e. The van der Waals surface area contributed by atoms with E-state index >= 15 is 0 Å². The van der Waals surface area contributed by atoms with E-state index in [-0.39, 0.29) is 18.2 Å². The Balaban J connectivity index is 0.00000128. The molecule has 0 radical (unpaired) electrons. The molecule has 0 spiro atoms. The molecule has 1 aliphatic rings. The fourth-order valence-electron chi connectivity index (χ4n) is 1.79. The molecule has 3 nitrogen and oxygen atoms in total. The topological polar surface area (TPSA) is 52.3 Å². The lowest BCUT2D eigenvalue weighted by molar-refractivity contribution is 0.0960. The summed E-state index contributed by atoms with van der Waals surface area (Å²) >= 11 is 0. The molecule has 16 heavy (non-hydrogen) atoms. The average molecular weight is 242 g/mol. The molecule has 4 heteroatoms. The Morgan fingerprint density at radius 3 is 2.75 bits per heavy atom. The highest BCUT2D eigenvalue weighted by atomic mass is 35.5. The quantitative estimate of drug-likeness (QED) is 0.756.